The predicted octanol–water partition coefficient (Wildman–Crippen LogP) is 3.34. The number of nitrogens with two attached hydrogens (primary N) is 1. The number of hydrogen-bond donors (Lipinski definition) is 1. The molecule has 3 heterocycles. The second kappa shape index (κ2) is 6.84. The molecule has 7 heteroatoms. The Kier molecular flexibility index (Phi) is 4.56. The number of thiophene rings is 1. The first-order valence-electron chi connectivity index (χ1n) is 8.18. The maximum absolute atomic E-state index is 12.0. The average molecular weight is 374 g/mol. The molecule has 1 fully saturated rings. The van der Waals surface area contributed by atoms with E-state index in [2.05, 4.69) is 9.88 Å². The van der Waals surface area contributed by atoms with E-state index in [1.54, 1.807) is 11.3 Å². The van der Waals surface area contributed by atoms with Crippen LogP contribution in [-0.2, 0) is 11.3 Å². The molecule has 1 atom stereocenters. The van der Waals surface area contributed by atoms with Crippen molar-refractivity contribution in [2.45, 2.75) is 19.6 Å². The third-order valence-corrected chi connectivity index (χ3v) is 6.48. The fourth-order valence-electron chi connectivity index (χ4n) is 3.29. The highest BCUT2D eigenvalue weighted by molar-refractivity contribution is 7.21. The van der Waals surface area contributed by atoms with E-state index in [-0.39, 0.29) is 12.0 Å². The first-order chi connectivity index (χ1) is 12.1. The van der Waals surface area contributed by atoms with Gasteiger partial charge in [0.1, 0.15) is 0 Å². The average Bonchev–Trinajstić information content (AvgIpc) is 3.18. The Hall–Kier alpha value is -1.80. The van der Waals surface area contributed by atoms with Gasteiger partial charge in [-0.2, -0.15) is 0 Å². The van der Waals surface area contributed by atoms with Crippen molar-refractivity contribution >= 4 is 38.7 Å². The summed E-state index contributed by atoms with van der Waals surface area (Å²) in [4.78, 5) is 20.5. The molecule has 5 nitrogen and oxygen atoms in total. The summed E-state index contributed by atoms with van der Waals surface area (Å²) in [6, 6.07) is 8.04. The number of carbonyl (C=O) groups excluding carboxylic acids is 1. The smallest absolute Gasteiger partial charge is 0.259 e. The van der Waals surface area contributed by atoms with Crippen molar-refractivity contribution in [1.29, 1.82) is 0 Å². The zero-order chi connectivity index (χ0) is 17.4. The zero-order valence-corrected chi connectivity index (χ0v) is 15.5. The summed E-state index contributed by atoms with van der Waals surface area (Å²) < 4.78 is 7.11. The van der Waals surface area contributed by atoms with Crippen molar-refractivity contribution in [2.24, 2.45) is 5.73 Å². The summed E-state index contributed by atoms with van der Waals surface area (Å²) in [7, 11) is 0. The lowest BCUT2D eigenvalue weighted by atomic mass is 10.0. The zero-order valence-electron chi connectivity index (χ0n) is 13.9. The summed E-state index contributed by atoms with van der Waals surface area (Å²) in [6.07, 6.45) is 1.81. The highest BCUT2D eigenvalue weighted by Crippen LogP contribution is 2.38. The minimum Gasteiger partial charge on any atom is -0.371 e. The Morgan fingerprint density at radius 3 is 3.00 bits per heavy atom. The number of primary amides is 1. The molecule has 0 spiro atoms. The maximum Gasteiger partial charge on any atom is 0.259 e. The SMILES string of the molecule is Cc1ncc(CN2CCO[C@@H](c3c(C(N)=O)sc4ccccc34)C2)s1. The van der Waals surface area contributed by atoms with Crippen LogP contribution in [0, 0.1) is 6.92 Å². The van der Waals surface area contributed by atoms with Gasteiger partial charge in [0, 0.05) is 41.0 Å². The highest BCUT2D eigenvalue weighted by atomic mass is 32.1. The molecule has 0 unspecified atom stereocenters. The van der Waals surface area contributed by atoms with Gasteiger partial charge in [-0.1, -0.05) is 18.2 Å². The lowest BCUT2D eigenvalue weighted by Gasteiger charge is -2.33. The third-order valence-electron chi connectivity index (χ3n) is 4.38. The molecular weight excluding hydrogens is 354 g/mol. The topological polar surface area (TPSA) is 68.5 Å². The molecule has 4 rings (SSSR count). The molecular formula is C18H19N3O2S2. The largest absolute Gasteiger partial charge is 0.371 e. The van der Waals surface area contributed by atoms with E-state index in [9.17, 15) is 4.79 Å². The van der Waals surface area contributed by atoms with E-state index in [1.807, 2.05) is 37.4 Å². The van der Waals surface area contributed by atoms with Gasteiger partial charge in [0.25, 0.3) is 5.91 Å². The van der Waals surface area contributed by atoms with Crippen molar-refractivity contribution in [3.63, 3.8) is 0 Å². The van der Waals surface area contributed by atoms with Crippen LogP contribution in [0.15, 0.2) is 30.5 Å². The van der Waals surface area contributed by atoms with Gasteiger partial charge in [0.05, 0.1) is 22.6 Å². The van der Waals surface area contributed by atoms with Crippen LogP contribution in [-0.4, -0.2) is 35.5 Å². The van der Waals surface area contributed by atoms with Crippen molar-refractivity contribution in [3.8, 4) is 0 Å². The molecule has 0 radical (unpaired) electrons. The van der Waals surface area contributed by atoms with Gasteiger partial charge in [-0.05, 0) is 18.4 Å². The summed E-state index contributed by atoms with van der Waals surface area (Å²) >= 11 is 3.18. The number of fused-ring (bicyclic) bond motifs is 1. The van der Waals surface area contributed by atoms with E-state index >= 15 is 0 Å². The van der Waals surface area contributed by atoms with Crippen LogP contribution in [0.4, 0.5) is 0 Å². The molecule has 0 bridgehead atoms. The van der Waals surface area contributed by atoms with Crippen LogP contribution >= 0.6 is 22.7 Å². The quantitative estimate of drug-likeness (QED) is 0.762. The van der Waals surface area contributed by atoms with Gasteiger partial charge in [-0.25, -0.2) is 4.98 Å². The molecule has 2 N–H and O–H groups in total. The molecule has 1 saturated heterocycles. The minimum atomic E-state index is -0.380. The number of hydrogen-bond acceptors (Lipinski definition) is 6. The first kappa shape index (κ1) is 16.7. The van der Waals surface area contributed by atoms with Gasteiger partial charge in [0.15, 0.2) is 0 Å². The number of carbonyl (C=O) groups is 1. The second-order valence-electron chi connectivity index (χ2n) is 6.15. The number of ether oxygens (including phenoxy) is 1. The summed E-state index contributed by atoms with van der Waals surface area (Å²) in [6.45, 7) is 5.15. The van der Waals surface area contributed by atoms with E-state index < -0.39 is 0 Å². The summed E-state index contributed by atoms with van der Waals surface area (Å²) in [5, 5.41) is 2.15. The number of morpholine rings is 1. The number of aryl methyl sites for hydroxylation is 1. The number of benzene rings is 1. The lowest BCUT2D eigenvalue weighted by molar-refractivity contribution is -0.0320. The van der Waals surface area contributed by atoms with E-state index in [0.29, 0.717) is 11.5 Å². The number of thiazole rings is 1. The van der Waals surface area contributed by atoms with Gasteiger partial charge in [0.2, 0.25) is 0 Å². The Morgan fingerprint density at radius 1 is 1.40 bits per heavy atom. The van der Waals surface area contributed by atoms with Gasteiger partial charge < -0.3 is 10.5 Å². The fraction of sp³-hybridized carbons (Fsp3) is 0.333. The van der Waals surface area contributed by atoms with E-state index in [1.165, 1.54) is 16.2 Å². The monoisotopic (exact) mass is 373 g/mol. The Balaban J connectivity index is 1.63. The molecule has 0 saturated carbocycles. The second-order valence-corrected chi connectivity index (χ2v) is 8.52. The van der Waals surface area contributed by atoms with Crippen LogP contribution < -0.4 is 5.73 Å². The molecule has 0 aliphatic carbocycles. The molecule has 1 aliphatic rings. The minimum absolute atomic E-state index is 0.138. The maximum atomic E-state index is 12.0. The molecule has 25 heavy (non-hydrogen) atoms. The molecule has 1 amide bonds. The van der Waals surface area contributed by atoms with Crippen LogP contribution in [0.3, 0.4) is 0 Å². The molecule has 1 aromatic carbocycles. The van der Waals surface area contributed by atoms with Crippen molar-refractivity contribution < 1.29 is 9.53 Å². The van der Waals surface area contributed by atoms with Crippen LogP contribution in [0.2, 0.25) is 0 Å². The van der Waals surface area contributed by atoms with Gasteiger partial charge in [-0.15, -0.1) is 22.7 Å². The third kappa shape index (κ3) is 3.32. The van der Waals surface area contributed by atoms with E-state index in [0.717, 1.165) is 40.3 Å². The Labute approximate surface area is 154 Å². The Morgan fingerprint density at radius 2 is 2.24 bits per heavy atom. The Bertz CT molecular complexity index is 918. The summed E-state index contributed by atoms with van der Waals surface area (Å²) in [5.41, 5.74) is 6.58. The number of aromatic nitrogens is 1. The highest BCUT2D eigenvalue weighted by Gasteiger charge is 2.29. The molecule has 3 aromatic rings. The standard InChI is InChI=1S/C18H19N3O2S2/c1-11-20-8-12(24-11)9-21-6-7-23-14(10-21)16-13-4-2-3-5-15(13)25-17(16)18(19)22/h2-5,8,14H,6-7,9-10H2,1H3,(H2,19,22)/t14-/m1/s1. The van der Waals surface area contributed by atoms with Crippen molar-refractivity contribution in [3.05, 3.63) is 50.8 Å². The van der Waals surface area contributed by atoms with Crippen LogP contribution in [0.25, 0.3) is 10.1 Å². The van der Waals surface area contributed by atoms with Crippen LogP contribution in [0.1, 0.15) is 31.2 Å². The number of nitrogens with zero attached hydrogens (tertiary/aromatic N) is 2. The molecule has 2 aromatic heterocycles. The summed E-state index contributed by atoms with van der Waals surface area (Å²) in [5.74, 6) is -0.380. The van der Waals surface area contributed by atoms with Crippen LogP contribution in [0.5, 0.6) is 0 Å². The molecule has 1 aliphatic heterocycles. The number of rotatable bonds is 4. The lowest BCUT2D eigenvalue weighted by Crippen LogP contribution is -2.38. The fourth-order valence-corrected chi connectivity index (χ4v) is 5.23. The van der Waals surface area contributed by atoms with E-state index in [4.69, 9.17) is 10.5 Å². The van der Waals surface area contributed by atoms with Crippen molar-refractivity contribution in [1.82, 2.24) is 9.88 Å². The number of amides is 1. The predicted molar refractivity (Wildman–Crippen MR) is 101 cm³/mol. The van der Waals surface area contributed by atoms with Gasteiger partial charge >= 0.3 is 0 Å². The van der Waals surface area contributed by atoms with Crippen molar-refractivity contribution in [2.75, 3.05) is 19.7 Å². The first-order valence-corrected chi connectivity index (χ1v) is 9.81. The van der Waals surface area contributed by atoms with Gasteiger partial charge in [-0.3, -0.25) is 9.69 Å². The molecule has 130 valence electrons. The normalized spacial score (nSPS) is 18.7.